The zero-order valence-corrected chi connectivity index (χ0v) is 9.96. The molecule has 0 radical (unpaired) electrons. The average molecular weight is 227 g/mol. The number of carbonyl (C=O) groups excluding carboxylic acids is 2. The van der Waals surface area contributed by atoms with Gasteiger partial charge in [0.15, 0.2) is 0 Å². The third kappa shape index (κ3) is 6.43. The first-order valence-electron chi connectivity index (χ1n) is 6.08. The lowest BCUT2D eigenvalue weighted by Crippen LogP contribution is -2.24. The molecule has 1 aliphatic carbocycles. The topological polar surface area (TPSA) is 55.4 Å². The Kier molecular flexibility index (Phi) is 5.90. The van der Waals surface area contributed by atoms with Gasteiger partial charge in [0.2, 0.25) is 5.91 Å². The summed E-state index contributed by atoms with van der Waals surface area (Å²) in [4.78, 5) is 22.1. The number of nitrogens with one attached hydrogen (secondary N) is 1. The summed E-state index contributed by atoms with van der Waals surface area (Å²) in [6.07, 6.45) is 7.17. The van der Waals surface area contributed by atoms with E-state index in [0.29, 0.717) is 18.9 Å². The summed E-state index contributed by atoms with van der Waals surface area (Å²) in [6.45, 7) is 0. The van der Waals surface area contributed by atoms with Gasteiger partial charge in [0, 0.05) is 18.9 Å². The van der Waals surface area contributed by atoms with Gasteiger partial charge < -0.3 is 10.1 Å². The zero-order chi connectivity index (χ0) is 11.8. The molecule has 0 saturated heterocycles. The largest absolute Gasteiger partial charge is 0.469 e. The predicted molar refractivity (Wildman–Crippen MR) is 60.9 cm³/mol. The molecule has 4 heteroatoms. The molecule has 0 aromatic rings. The Bertz CT molecular complexity index is 236. The molecule has 1 fully saturated rings. The van der Waals surface area contributed by atoms with Crippen LogP contribution in [0.5, 0.6) is 0 Å². The van der Waals surface area contributed by atoms with E-state index in [1.807, 2.05) is 0 Å². The first kappa shape index (κ1) is 13.0. The molecular weight excluding hydrogens is 206 g/mol. The van der Waals surface area contributed by atoms with E-state index < -0.39 is 0 Å². The van der Waals surface area contributed by atoms with Crippen LogP contribution in [-0.4, -0.2) is 25.0 Å². The minimum absolute atomic E-state index is 0.147. The van der Waals surface area contributed by atoms with Gasteiger partial charge in [-0.25, -0.2) is 0 Å². The Hall–Kier alpha value is -1.06. The van der Waals surface area contributed by atoms with Crippen LogP contribution in [0.25, 0.3) is 0 Å². The smallest absolute Gasteiger partial charge is 0.305 e. The molecule has 0 unspecified atom stereocenters. The number of amides is 1. The number of hydrogen-bond donors (Lipinski definition) is 1. The number of esters is 1. The normalized spacial score (nSPS) is 14.6. The summed E-state index contributed by atoms with van der Waals surface area (Å²) in [5.41, 5.74) is 0. The molecule has 0 bridgehead atoms. The van der Waals surface area contributed by atoms with E-state index in [1.54, 1.807) is 0 Å². The highest BCUT2D eigenvalue weighted by atomic mass is 16.5. The minimum atomic E-state index is -0.147. The number of carbonyl (C=O) groups is 2. The third-order valence-electron chi connectivity index (χ3n) is 2.70. The highest BCUT2D eigenvalue weighted by molar-refractivity contribution is 5.76. The van der Waals surface area contributed by atoms with Gasteiger partial charge in [-0.15, -0.1) is 0 Å². The summed E-state index contributed by atoms with van der Waals surface area (Å²) < 4.78 is 4.54. The van der Waals surface area contributed by atoms with Gasteiger partial charge >= 0.3 is 5.97 Å². The summed E-state index contributed by atoms with van der Waals surface area (Å²) in [5.74, 6) is 0.0296. The van der Waals surface area contributed by atoms with Gasteiger partial charge in [-0.1, -0.05) is 12.8 Å². The molecule has 1 rings (SSSR count). The van der Waals surface area contributed by atoms with E-state index in [4.69, 9.17) is 0 Å². The number of hydrogen-bond acceptors (Lipinski definition) is 3. The van der Waals surface area contributed by atoms with Crippen LogP contribution in [-0.2, 0) is 14.3 Å². The number of unbranched alkanes of at least 4 members (excludes halogenated alkanes) is 3. The second-order valence-electron chi connectivity index (χ2n) is 4.33. The van der Waals surface area contributed by atoms with Crippen LogP contribution < -0.4 is 5.32 Å². The minimum Gasteiger partial charge on any atom is -0.469 e. The van der Waals surface area contributed by atoms with E-state index in [0.717, 1.165) is 38.5 Å². The maximum atomic E-state index is 11.3. The molecule has 1 aliphatic rings. The van der Waals surface area contributed by atoms with Crippen LogP contribution in [0.2, 0.25) is 0 Å². The van der Waals surface area contributed by atoms with Gasteiger partial charge in [0.05, 0.1) is 7.11 Å². The third-order valence-corrected chi connectivity index (χ3v) is 2.70. The van der Waals surface area contributed by atoms with Crippen molar-refractivity contribution in [3.8, 4) is 0 Å². The molecule has 16 heavy (non-hydrogen) atoms. The van der Waals surface area contributed by atoms with E-state index in [2.05, 4.69) is 10.1 Å². The van der Waals surface area contributed by atoms with E-state index in [9.17, 15) is 9.59 Å². The predicted octanol–water partition coefficient (Wildman–Crippen LogP) is 1.78. The molecule has 0 spiro atoms. The van der Waals surface area contributed by atoms with Crippen LogP contribution >= 0.6 is 0 Å². The lowest BCUT2D eigenvalue weighted by Gasteiger charge is -2.03. The van der Waals surface area contributed by atoms with Crippen molar-refractivity contribution in [1.82, 2.24) is 5.32 Å². The van der Waals surface area contributed by atoms with Gasteiger partial charge in [-0.2, -0.15) is 0 Å². The van der Waals surface area contributed by atoms with Gasteiger partial charge in [0.25, 0.3) is 0 Å². The monoisotopic (exact) mass is 227 g/mol. The molecule has 0 atom stereocenters. The average Bonchev–Trinajstić information content (AvgIpc) is 3.06. The SMILES string of the molecule is COC(=O)CCCCCCC(=O)NC1CC1. The second kappa shape index (κ2) is 7.25. The van der Waals surface area contributed by atoms with Crippen LogP contribution in [0.4, 0.5) is 0 Å². The zero-order valence-electron chi connectivity index (χ0n) is 9.96. The summed E-state index contributed by atoms with van der Waals surface area (Å²) in [5, 5.41) is 2.96. The molecule has 0 heterocycles. The van der Waals surface area contributed by atoms with Gasteiger partial charge in [-0.05, 0) is 25.7 Å². The standard InChI is InChI=1S/C12H21NO3/c1-16-12(15)7-5-3-2-4-6-11(14)13-10-8-9-10/h10H,2-9H2,1H3,(H,13,14). The summed E-state index contributed by atoms with van der Waals surface area (Å²) in [6, 6.07) is 0.465. The Morgan fingerprint density at radius 1 is 1.12 bits per heavy atom. The van der Waals surface area contributed by atoms with Crippen LogP contribution in [0.3, 0.4) is 0 Å². The summed E-state index contributed by atoms with van der Waals surface area (Å²) >= 11 is 0. The van der Waals surface area contributed by atoms with Crippen molar-refractivity contribution in [3.05, 3.63) is 0 Å². The maximum absolute atomic E-state index is 11.3. The molecule has 0 aromatic heterocycles. The van der Waals surface area contributed by atoms with Crippen LogP contribution in [0, 0.1) is 0 Å². The van der Waals surface area contributed by atoms with E-state index >= 15 is 0 Å². The highest BCUT2D eigenvalue weighted by Crippen LogP contribution is 2.18. The van der Waals surface area contributed by atoms with Crippen molar-refractivity contribution >= 4 is 11.9 Å². The van der Waals surface area contributed by atoms with Crippen molar-refractivity contribution in [2.75, 3.05) is 7.11 Å². The summed E-state index contributed by atoms with van der Waals surface area (Å²) in [7, 11) is 1.41. The van der Waals surface area contributed by atoms with Crippen molar-refractivity contribution in [2.24, 2.45) is 0 Å². The number of methoxy groups -OCH3 is 1. The van der Waals surface area contributed by atoms with Crippen molar-refractivity contribution in [1.29, 1.82) is 0 Å². The molecule has 92 valence electrons. The Morgan fingerprint density at radius 2 is 1.75 bits per heavy atom. The van der Waals surface area contributed by atoms with Crippen molar-refractivity contribution in [2.45, 2.75) is 57.4 Å². The van der Waals surface area contributed by atoms with E-state index in [1.165, 1.54) is 7.11 Å². The van der Waals surface area contributed by atoms with Crippen molar-refractivity contribution < 1.29 is 14.3 Å². The first-order valence-corrected chi connectivity index (χ1v) is 6.08. The van der Waals surface area contributed by atoms with Gasteiger partial charge in [0.1, 0.15) is 0 Å². The van der Waals surface area contributed by atoms with Crippen molar-refractivity contribution in [3.63, 3.8) is 0 Å². The van der Waals surface area contributed by atoms with Gasteiger partial charge in [-0.3, -0.25) is 9.59 Å². The lowest BCUT2D eigenvalue weighted by atomic mass is 10.1. The molecule has 1 saturated carbocycles. The van der Waals surface area contributed by atoms with Crippen LogP contribution in [0.15, 0.2) is 0 Å². The highest BCUT2D eigenvalue weighted by Gasteiger charge is 2.22. The maximum Gasteiger partial charge on any atom is 0.305 e. The molecular formula is C12H21NO3. The Labute approximate surface area is 96.7 Å². The number of ether oxygens (including phenoxy) is 1. The fourth-order valence-electron chi connectivity index (χ4n) is 1.54. The number of rotatable bonds is 8. The van der Waals surface area contributed by atoms with E-state index in [-0.39, 0.29) is 11.9 Å². The molecule has 1 amide bonds. The molecule has 0 aromatic carbocycles. The Morgan fingerprint density at radius 3 is 2.31 bits per heavy atom. The molecule has 1 N–H and O–H groups in total. The quantitative estimate of drug-likeness (QED) is 0.508. The first-order chi connectivity index (χ1) is 7.72. The Balaban J connectivity index is 1.83. The second-order valence-corrected chi connectivity index (χ2v) is 4.33. The fraction of sp³-hybridized carbons (Fsp3) is 0.833. The lowest BCUT2D eigenvalue weighted by molar-refractivity contribution is -0.140. The molecule has 0 aliphatic heterocycles. The van der Waals surface area contributed by atoms with Crippen LogP contribution in [0.1, 0.15) is 51.4 Å². The fourth-order valence-corrected chi connectivity index (χ4v) is 1.54. The molecule has 4 nitrogen and oxygen atoms in total.